The molecule has 0 saturated carbocycles. The van der Waals surface area contributed by atoms with E-state index in [4.69, 9.17) is 0 Å². The zero-order chi connectivity index (χ0) is 11.7. The second kappa shape index (κ2) is 4.57. The Balaban J connectivity index is 2.56. The third-order valence-electron chi connectivity index (χ3n) is 2.16. The molecule has 6 heteroatoms. The largest absolute Gasteiger partial charge is 0.360 e. The Labute approximate surface area is 109 Å². The van der Waals surface area contributed by atoms with E-state index in [-0.39, 0.29) is 5.91 Å². The molecule has 4 nitrogen and oxygen atoms in total. The first-order chi connectivity index (χ1) is 7.63. The second-order valence-electron chi connectivity index (χ2n) is 3.15. The van der Waals surface area contributed by atoms with Crippen LogP contribution in [0.1, 0.15) is 10.4 Å². The summed E-state index contributed by atoms with van der Waals surface area (Å²) in [7, 11) is 1.40. The molecule has 0 aliphatic carbocycles. The number of amides is 1. The predicted octanol–water partition coefficient (Wildman–Crippen LogP) is 2.98. The molecule has 0 aliphatic rings. The first-order valence-electron chi connectivity index (χ1n) is 4.43. The minimum atomic E-state index is -0.275. The van der Waals surface area contributed by atoms with Crippen molar-refractivity contribution in [1.82, 2.24) is 10.5 Å². The van der Waals surface area contributed by atoms with Gasteiger partial charge in [0, 0.05) is 26.0 Å². The number of nitrogens with one attached hydrogen (secondary N) is 2. The van der Waals surface area contributed by atoms with Gasteiger partial charge in [-0.1, -0.05) is 0 Å². The predicted molar refractivity (Wildman–Crippen MR) is 68.2 cm³/mol. The van der Waals surface area contributed by atoms with E-state index < -0.39 is 0 Å². The monoisotopic (exact) mass is 346 g/mol. The number of carbonyl (C=O) groups is 1. The molecule has 1 heterocycles. The van der Waals surface area contributed by atoms with Crippen molar-refractivity contribution in [3.05, 3.63) is 32.8 Å². The Bertz CT molecular complexity index is 551. The SMILES string of the molecule is CONC(=O)c1c[nH]c2cc(Br)c(Br)cc12. The Morgan fingerprint density at radius 2 is 2.06 bits per heavy atom. The summed E-state index contributed by atoms with van der Waals surface area (Å²) in [4.78, 5) is 19.3. The van der Waals surface area contributed by atoms with Gasteiger partial charge in [0.05, 0.1) is 12.7 Å². The van der Waals surface area contributed by atoms with Gasteiger partial charge in [-0.15, -0.1) is 0 Å². The van der Waals surface area contributed by atoms with Crippen molar-refractivity contribution in [2.45, 2.75) is 0 Å². The highest BCUT2D eigenvalue weighted by Gasteiger charge is 2.13. The smallest absolute Gasteiger partial charge is 0.276 e. The van der Waals surface area contributed by atoms with Gasteiger partial charge in [-0.05, 0) is 44.0 Å². The van der Waals surface area contributed by atoms with Gasteiger partial charge in [0.15, 0.2) is 0 Å². The Hall–Kier alpha value is -0.850. The van der Waals surface area contributed by atoms with E-state index in [0.29, 0.717) is 5.56 Å². The lowest BCUT2D eigenvalue weighted by Gasteiger charge is -2.01. The Kier molecular flexibility index (Phi) is 3.32. The minimum absolute atomic E-state index is 0.275. The molecule has 0 aliphatic heterocycles. The molecule has 84 valence electrons. The molecule has 16 heavy (non-hydrogen) atoms. The van der Waals surface area contributed by atoms with Crippen LogP contribution in [0.2, 0.25) is 0 Å². The summed E-state index contributed by atoms with van der Waals surface area (Å²) in [6, 6.07) is 3.78. The average Bonchev–Trinajstić information content (AvgIpc) is 2.62. The zero-order valence-electron chi connectivity index (χ0n) is 8.30. The van der Waals surface area contributed by atoms with Crippen LogP contribution in [-0.4, -0.2) is 18.0 Å². The number of hydrogen-bond acceptors (Lipinski definition) is 2. The van der Waals surface area contributed by atoms with Crippen LogP contribution in [-0.2, 0) is 4.84 Å². The third kappa shape index (κ3) is 2.00. The maximum absolute atomic E-state index is 11.6. The van der Waals surface area contributed by atoms with Crippen LogP contribution in [0, 0.1) is 0 Å². The van der Waals surface area contributed by atoms with E-state index in [1.807, 2.05) is 12.1 Å². The summed E-state index contributed by atoms with van der Waals surface area (Å²) in [5, 5.41) is 0.838. The highest BCUT2D eigenvalue weighted by molar-refractivity contribution is 9.13. The van der Waals surface area contributed by atoms with Crippen molar-refractivity contribution in [3.63, 3.8) is 0 Å². The first-order valence-corrected chi connectivity index (χ1v) is 6.01. The standard InChI is InChI=1S/C10H8Br2N2O2/c1-16-14-10(15)6-4-13-9-3-8(12)7(11)2-5(6)9/h2-4,13H,1H3,(H,14,15). The quantitative estimate of drug-likeness (QED) is 0.820. The van der Waals surface area contributed by atoms with Crippen molar-refractivity contribution < 1.29 is 9.63 Å². The lowest BCUT2D eigenvalue weighted by molar-refractivity contribution is 0.0539. The van der Waals surface area contributed by atoms with Crippen LogP contribution < -0.4 is 5.48 Å². The van der Waals surface area contributed by atoms with Gasteiger partial charge in [0.1, 0.15) is 0 Å². The van der Waals surface area contributed by atoms with Crippen molar-refractivity contribution in [2.24, 2.45) is 0 Å². The number of hydroxylamine groups is 1. The summed E-state index contributed by atoms with van der Waals surface area (Å²) < 4.78 is 1.83. The van der Waals surface area contributed by atoms with Crippen LogP contribution >= 0.6 is 31.9 Å². The fourth-order valence-corrected chi connectivity index (χ4v) is 2.14. The van der Waals surface area contributed by atoms with Crippen molar-refractivity contribution in [3.8, 4) is 0 Å². The Morgan fingerprint density at radius 1 is 1.38 bits per heavy atom. The number of aromatic nitrogens is 1. The highest BCUT2D eigenvalue weighted by Crippen LogP contribution is 2.29. The van der Waals surface area contributed by atoms with E-state index in [0.717, 1.165) is 19.8 Å². The molecule has 0 atom stereocenters. The van der Waals surface area contributed by atoms with E-state index >= 15 is 0 Å². The van der Waals surface area contributed by atoms with Gasteiger partial charge in [0.2, 0.25) is 0 Å². The van der Waals surface area contributed by atoms with Gasteiger partial charge in [-0.25, -0.2) is 5.48 Å². The summed E-state index contributed by atoms with van der Waals surface area (Å²) in [5.74, 6) is -0.275. The zero-order valence-corrected chi connectivity index (χ0v) is 11.5. The third-order valence-corrected chi connectivity index (χ3v) is 4.01. The van der Waals surface area contributed by atoms with Crippen molar-refractivity contribution in [2.75, 3.05) is 7.11 Å². The maximum atomic E-state index is 11.6. The number of benzene rings is 1. The van der Waals surface area contributed by atoms with Crippen molar-refractivity contribution >= 4 is 48.7 Å². The van der Waals surface area contributed by atoms with Crippen LogP contribution in [0.25, 0.3) is 10.9 Å². The summed E-state index contributed by atoms with van der Waals surface area (Å²) in [6.45, 7) is 0. The number of hydrogen-bond donors (Lipinski definition) is 2. The van der Waals surface area contributed by atoms with E-state index in [1.54, 1.807) is 6.20 Å². The number of halogens is 2. The maximum Gasteiger partial charge on any atom is 0.276 e. The summed E-state index contributed by atoms with van der Waals surface area (Å²) >= 11 is 6.80. The molecule has 1 amide bonds. The molecule has 2 aromatic rings. The molecule has 0 radical (unpaired) electrons. The van der Waals surface area contributed by atoms with Crippen LogP contribution in [0.15, 0.2) is 27.3 Å². The molecular weight excluding hydrogens is 340 g/mol. The van der Waals surface area contributed by atoms with Crippen LogP contribution in [0.4, 0.5) is 0 Å². The topological polar surface area (TPSA) is 54.1 Å². The number of carbonyl (C=O) groups excluding carboxylic acids is 1. The van der Waals surface area contributed by atoms with Gasteiger partial charge in [-0.2, -0.15) is 0 Å². The van der Waals surface area contributed by atoms with Crippen LogP contribution in [0.3, 0.4) is 0 Å². The average molecular weight is 348 g/mol. The lowest BCUT2D eigenvalue weighted by atomic mass is 10.2. The van der Waals surface area contributed by atoms with E-state index in [9.17, 15) is 4.79 Å². The number of aromatic amines is 1. The van der Waals surface area contributed by atoms with Crippen molar-refractivity contribution in [1.29, 1.82) is 0 Å². The summed E-state index contributed by atoms with van der Waals surface area (Å²) in [6.07, 6.45) is 1.65. The van der Waals surface area contributed by atoms with Crippen LogP contribution in [0.5, 0.6) is 0 Å². The molecule has 0 spiro atoms. The van der Waals surface area contributed by atoms with Gasteiger partial charge in [-0.3, -0.25) is 9.63 Å². The number of fused-ring (bicyclic) bond motifs is 1. The molecule has 0 fully saturated rings. The number of H-pyrrole nitrogens is 1. The molecular formula is C10H8Br2N2O2. The summed E-state index contributed by atoms with van der Waals surface area (Å²) in [5.41, 5.74) is 3.72. The molecule has 1 aromatic carbocycles. The molecule has 0 saturated heterocycles. The molecule has 2 rings (SSSR count). The minimum Gasteiger partial charge on any atom is -0.360 e. The normalized spacial score (nSPS) is 10.7. The van der Waals surface area contributed by atoms with Gasteiger partial charge < -0.3 is 4.98 Å². The first kappa shape index (κ1) is 11.6. The molecule has 0 unspecified atom stereocenters. The van der Waals surface area contributed by atoms with Gasteiger partial charge in [0.25, 0.3) is 5.91 Å². The second-order valence-corrected chi connectivity index (χ2v) is 4.86. The van der Waals surface area contributed by atoms with E-state index in [2.05, 4.69) is 47.2 Å². The number of rotatable bonds is 2. The van der Waals surface area contributed by atoms with Gasteiger partial charge >= 0.3 is 0 Å². The molecule has 0 bridgehead atoms. The molecule has 2 N–H and O–H groups in total. The fraction of sp³-hybridized carbons (Fsp3) is 0.100. The highest BCUT2D eigenvalue weighted by atomic mass is 79.9. The lowest BCUT2D eigenvalue weighted by Crippen LogP contribution is -2.21. The Morgan fingerprint density at radius 3 is 2.75 bits per heavy atom. The van der Waals surface area contributed by atoms with E-state index in [1.165, 1.54) is 7.11 Å². The molecule has 1 aromatic heterocycles. The fourth-order valence-electron chi connectivity index (χ4n) is 1.45.